The SMILES string of the molecule is Cc1nn(C)cc1-n1ccnc1-c1ccc(OCCN(C)C)cc1. The summed E-state index contributed by atoms with van der Waals surface area (Å²) in [5.41, 5.74) is 3.06. The minimum Gasteiger partial charge on any atom is -0.492 e. The van der Waals surface area contributed by atoms with Gasteiger partial charge in [-0.15, -0.1) is 0 Å². The fourth-order valence-corrected chi connectivity index (χ4v) is 2.58. The average molecular weight is 325 g/mol. The molecular weight excluding hydrogens is 302 g/mol. The topological polar surface area (TPSA) is 48.1 Å². The number of benzene rings is 1. The van der Waals surface area contributed by atoms with Gasteiger partial charge in [0.15, 0.2) is 0 Å². The van der Waals surface area contributed by atoms with Crippen LogP contribution >= 0.6 is 0 Å². The van der Waals surface area contributed by atoms with E-state index in [0.29, 0.717) is 6.61 Å². The average Bonchev–Trinajstić information content (AvgIpc) is 3.13. The van der Waals surface area contributed by atoms with Gasteiger partial charge in [0.1, 0.15) is 18.2 Å². The van der Waals surface area contributed by atoms with Gasteiger partial charge in [-0.3, -0.25) is 9.25 Å². The van der Waals surface area contributed by atoms with Gasteiger partial charge < -0.3 is 9.64 Å². The Morgan fingerprint density at radius 3 is 2.54 bits per heavy atom. The van der Waals surface area contributed by atoms with Crippen molar-refractivity contribution in [3.8, 4) is 22.8 Å². The number of ether oxygens (including phenoxy) is 1. The molecule has 6 heteroatoms. The third-order valence-electron chi connectivity index (χ3n) is 3.81. The van der Waals surface area contributed by atoms with E-state index in [-0.39, 0.29) is 0 Å². The molecule has 24 heavy (non-hydrogen) atoms. The number of imidazole rings is 1. The molecule has 0 saturated heterocycles. The highest BCUT2D eigenvalue weighted by Gasteiger charge is 2.12. The monoisotopic (exact) mass is 325 g/mol. The first-order valence-corrected chi connectivity index (χ1v) is 7.96. The van der Waals surface area contributed by atoms with Crippen molar-refractivity contribution in [1.29, 1.82) is 0 Å². The lowest BCUT2D eigenvalue weighted by molar-refractivity contribution is 0.261. The first-order chi connectivity index (χ1) is 11.5. The van der Waals surface area contributed by atoms with Gasteiger partial charge in [0.25, 0.3) is 0 Å². The maximum absolute atomic E-state index is 5.74. The predicted octanol–water partition coefficient (Wildman–Crippen LogP) is 2.52. The molecule has 1 aromatic carbocycles. The molecule has 0 unspecified atom stereocenters. The van der Waals surface area contributed by atoms with Crippen LogP contribution in [0.4, 0.5) is 0 Å². The Balaban J connectivity index is 1.81. The van der Waals surface area contributed by atoms with E-state index in [0.717, 1.165) is 35.1 Å². The fourth-order valence-electron chi connectivity index (χ4n) is 2.58. The van der Waals surface area contributed by atoms with E-state index in [1.54, 1.807) is 0 Å². The van der Waals surface area contributed by atoms with Crippen LogP contribution in [-0.4, -0.2) is 51.5 Å². The molecule has 2 aromatic heterocycles. The third kappa shape index (κ3) is 3.49. The summed E-state index contributed by atoms with van der Waals surface area (Å²) in [6.45, 7) is 3.57. The molecule has 0 bridgehead atoms. The molecule has 0 atom stereocenters. The van der Waals surface area contributed by atoms with E-state index in [2.05, 4.69) is 19.5 Å². The second-order valence-corrected chi connectivity index (χ2v) is 6.07. The van der Waals surface area contributed by atoms with Gasteiger partial charge >= 0.3 is 0 Å². The number of aryl methyl sites for hydroxylation is 2. The van der Waals surface area contributed by atoms with Crippen LogP contribution in [0, 0.1) is 6.92 Å². The van der Waals surface area contributed by atoms with Gasteiger partial charge in [-0.25, -0.2) is 4.98 Å². The van der Waals surface area contributed by atoms with Crippen molar-refractivity contribution in [2.45, 2.75) is 6.92 Å². The van der Waals surface area contributed by atoms with Crippen molar-refractivity contribution >= 4 is 0 Å². The Bertz CT molecular complexity index is 801. The zero-order valence-corrected chi connectivity index (χ0v) is 14.6. The van der Waals surface area contributed by atoms with E-state index < -0.39 is 0 Å². The van der Waals surface area contributed by atoms with Crippen molar-refractivity contribution in [3.05, 3.63) is 48.5 Å². The Hall–Kier alpha value is -2.60. The molecule has 0 fully saturated rings. The van der Waals surface area contributed by atoms with Gasteiger partial charge in [-0.2, -0.15) is 5.10 Å². The van der Waals surface area contributed by atoms with Crippen LogP contribution in [0.2, 0.25) is 0 Å². The maximum atomic E-state index is 5.74. The number of nitrogens with zero attached hydrogens (tertiary/aromatic N) is 5. The molecule has 0 amide bonds. The van der Waals surface area contributed by atoms with Crippen LogP contribution in [0.25, 0.3) is 17.1 Å². The summed E-state index contributed by atoms with van der Waals surface area (Å²) in [4.78, 5) is 6.61. The Morgan fingerprint density at radius 1 is 1.17 bits per heavy atom. The number of likely N-dealkylation sites (N-methyl/N-ethyl adjacent to an activating group) is 1. The van der Waals surface area contributed by atoms with Gasteiger partial charge in [0, 0.05) is 37.7 Å². The van der Waals surface area contributed by atoms with Gasteiger partial charge in [0.2, 0.25) is 0 Å². The van der Waals surface area contributed by atoms with Crippen LogP contribution in [0.5, 0.6) is 5.75 Å². The molecule has 0 aliphatic carbocycles. The molecule has 0 aliphatic heterocycles. The van der Waals surface area contributed by atoms with E-state index in [1.165, 1.54) is 0 Å². The van der Waals surface area contributed by atoms with E-state index >= 15 is 0 Å². The van der Waals surface area contributed by atoms with E-state index in [4.69, 9.17) is 4.74 Å². The number of hydrogen-bond donors (Lipinski definition) is 0. The predicted molar refractivity (Wildman–Crippen MR) is 94.6 cm³/mol. The quantitative estimate of drug-likeness (QED) is 0.699. The standard InChI is InChI=1S/C18H23N5O/c1-14-17(13-22(4)20-14)23-10-9-19-18(23)15-5-7-16(8-6-15)24-12-11-21(2)3/h5-10,13H,11-12H2,1-4H3. The zero-order chi connectivity index (χ0) is 17.1. The van der Waals surface area contributed by atoms with E-state index in [1.807, 2.05) is 75.6 Å². The second kappa shape index (κ2) is 6.88. The highest BCUT2D eigenvalue weighted by atomic mass is 16.5. The molecule has 0 radical (unpaired) electrons. The molecule has 0 N–H and O–H groups in total. The smallest absolute Gasteiger partial charge is 0.144 e. The highest BCUT2D eigenvalue weighted by Crippen LogP contribution is 2.24. The highest BCUT2D eigenvalue weighted by molar-refractivity contribution is 5.60. The third-order valence-corrected chi connectivity index (χ3v) is 3.81. The van der Waals surface area contributed by atoms with Crippen LogP contribution < -0.4 is 4.74 Å². The molecule has 0 aliphatic rings. The molecule has 3 rings (SSSR count). The van der Waals surface area contributed by atoms with Crippen LogP contribution in [0.1, 0.15) is 5.69 Å². The van der Waals surface area contributed by atoms with Gasteiger partial charge in [0.05, 0.1) is 11.4 Å². The first kappa shape index (κ1) is 16.3. The summed E-state index contributed by atoms with van der Waals surface area (Å²) in [5, 5.41) is 4.41. The Labute approximate surface area is 142 Å². The van der Waals surface area contributed by atoms with E-state index in [9.17, 15) is 0 Å². The van der Waals surface area contributed by atoms with Crippen LogP contribution in [0.3, 0.4) is 0 Å². The van der Waals surface area contributed by atoms with Gasteiger partial charge in [-0.1, -0.05) is 0 Å². The van der Waals surface area contributed by atoms with Crippen molar-refractivity contribution in [3.63, 3.8) is 0 Å². The lowest BCUT2D eigenvalue weighted by Gasteiger charge is -2.11. The Kier molecular flexibility index (Phi) is 4.66. The van der Waals surface area contributed by atoms with Crippen molar-refractivity contribution < 1.29 is 4.74 Å². The summed E-state index contributed by atoms with van der Waals surface area (Å²) in [6.07, 6.45) is 5.77. The Morgan fingerprint density at radius 2 is 1.92 bits per heavy atom. The molecule has 6 nitrogen and oxygen atoms in total. The summed E-state index contributed by atoms with van der Waals surface area (Å²) >= 11 is 0. The summed E-state index contributed by atoms with van der Waals surface area (Å²) in [6, 6.07) is 8.05. The lowest BCUT2D eigenvalue weighted by Crippen LogP contribution is -2.19. The minimum atomic E-state index is 0.676. The molecular formula is C18H23N5O. The number of rotatable bonds is 6. The van der Waals surface area contributed by atoms with Gasteiger partial charge in [-0.05, 0) is 45.3 Å². The molecule has 3 aromatic rings. The van der Waals surface area contributed by atoms with Crippen molar-refractivity contribution in [2.75, 3.05) is 27.2 Å². The first-order valence-electron chi connectivity index (χ1n) is 7.96. The summed E-state index contributed by atoms with van der Waals surface area (Å²) in [5.74, 6) is 1.77. The summed E-state index contributed by atoms with van der Waals surface area (Å²) in [7, 11) is 5.99. The fraction of sp³-hybridized carbons (Fsp3) is 0.333. The second-order valence-electron chi connectivity index (χ2n) is 6.07. The number of hydrogen-bond acceptors (Lipinski definition) is 4. The minimum absolute atomic E-state index is 0.676. The normalized spacial score (nSPS) is 11.2. The molecule has 2 heterocycles. The molecule has 126 valence electrons. The lowest BCUT2D eigenvalue weighted by atomic mass is 10.2. The molecule has 0 spiro atoms. The summed E-state index contributed by atoms with van der Waals surface area (Å²) < 4.78 is 9.62. The van der Waals surface area contributed by atoms with Crippen LogP contribution in [0.15, 0.2) is 42.9 Å². The maximum Gasteiger partial charge on any atom is 0.144 e. The van der Waals surface area contributed by atoms with Crippen molar-refractivity contribution in [1.82, 2.24) is 24.2 Å². The van der Waals surface area contributed by atoms with Crippen molar-refractivity contribution in [2.24, 2.45) is 7.05 Å². The van der Waals surface area contributed by atoms with Crippen LogP contribution in [-0.2, 0) is 7.05 Å². The zero-order valence-electron chi connectivity index (χ0n) is 14.6. The largest absolute Gasteiger partial charge is 0.492 e. The number of aromatic nitrogens is 4. The molecule has 0 saturated carbocycles.